The van der Waals surface area contributed by atoms with E-state index in [2.05, 4.69) is 23.8 Å². The highest BCUT2D eigenvalue weighted by molar-refractivity contribution is 5.87. The molecule has 0 aromatic heterocycles. The van der Waals surface area contributed by atoms with Gasteiger partial charge in [-0.1, -0.05) is 37.4 Å². The van der Waals surface area contributed by atoms with E-state index < -0.39 is 47.4 Å². The van der Waals surface area contributed by atoms with E-state index in [1.807, 2.05) is 52.0 Å². The fourth-order valence-electron chi connectivity index (χ4n) is 3.08. The highest BCUT2D eigenvalue weighted by Gasteiger charge is 2.29. The summed E-state index contributed by atoms with van der Waals surface area (Å²) in [5.41, 5.74) is 0.367. The van der Waals surface area contributed by atoms with Crippen LogP contribution in [0.25, 0.3) is 0 Å². The van der Waals surface area contributed by atoms with Gasteiger partial charge in [0.05, 0.1) is 11.1 Å². The van der Waals surface area contributed by atoms with E-state index in [9.17, 15) is 19.2 Å². The lowest BCUT2D eigenvalue weighted by Gasteiger charge is -2.31. The molecule has 10 nitrogen and oxygen atoms in total. The average Bonchev–Trinajstić information content (AvgIpc) is 2.79. The Hall–Kier alpha value is -3.82. The van der Waals surface area contributed by atoms with Crippen LogP contribution in [0.2, 0.25) is 0 Å². The summed E-state index contributed by atoms with van der Waals surface area (Å²) < 4.78 is 20.6. The number of ether oxygens (including phenoxy) is 4. The lowest BCUT2D eigenvalue weighted by atomic mass is 9.87. The molecule has 0 aliphatic heterocycles. The van der Waals surface area contributed by atoms with Crippen molar-refractivity contribution in [1.29, 1.82) is 0 Å². The van der Waals surface area contributed by atoms with Crippen molar-refractivity contribution in [3.05, 3.63) is 59.7 Å². The molecule has 1 aromatic rings. The smallest absolute Gasteiger partial charge is 0.408 e. The molecule has 10 heteroatoms. The molecule has 2 N–H and O–H groups in total. The lowest BCUT2D eigenvalue weighted by molar-refractivity contribution is -0.142. The maximum Gasteiger partial charge on any atom is 0.408 e. The molecular formula is C28H40N2O8. The summed E-state index contributed by atoms with van der Waals surface area (Å²) in [6, 6.07) is 7.35. The van der Waals surface area contributed by atoms with Crippen molar-refractivity contribution in [1.82, 2.24) is 10.6 Å². The monoisotopic (exact) mass is 532 g/mol. The molecule has 1 aromatic carbocycles. The van der Waals surface area contributed by atoms with E-state index in [1.165, 1.54) is 13.8 Å². The van der Waals surface area contributed by atoms with Crippen LogP contribution in [0.5, 0.6) is 0 Å². The Morgan fingerprint density at radius 3 is 1.42 bits per heavy atom. The molecule has 0 bridgehead atoms. The Bertz CT molecular complexity index is 981. The largest absolute Gasteiger partial charge is 0.458 e. The molecule has 2 unspecified atom stereocenters. The summed E-state index contributed by atoms with van der Waals surface area (Å²) in [4.78, 5) is 48.0. The number of carbonyl (C=O) groups is 4. The predicted molar refractivity (Wildman–Crippen MR) is 142 cm³/mol. The van der Waals surface area contributed by atoms with Gasteiger partial charge in [-0.05, 0) is 66.5 Å². The number of hydrogen-bond acceptors (Lipinski definition) is 8. The fourth-order valence-corrected chi connectivity index (χ4v) is 3.08. The average molecular weight is 533 g/mol. The standard InChI is InChI=1S/C28H40N2O8/c1-17(2)23(31)35-15-19(5)37-25(33)29-27(7,8)21-12-11-13-22(14-21)28(9,10)30-26(34)38-20(6)16-36-24(32)18(3)4/h11-14,19-20H,1,3,15-16H2,2,4-10H3,(H,29,33)(H,30,34). The van der Waals surface area contributed by atoms with Gasteiger partial charge in [-0.2, -0.15) is 0 Å². The molecule has 0 heterocycles. The second-order valence-electron chi connectivity index (χ2n) is 10.3. The molecule has 38 heavy (non-hydrogen) atoms. The van der Waals surface area contributed by atoms with Gasteiger partial charge in [-0.15, -0.1) is 0 Å². The normalized spacial score (nSPS) is 12.8. The fraction of sp³-hybridized carbons (Fsp3) is 0.500. The molecule has 0 saturated carbocycles. The maximum absolute atomic E-state index is 12.5. The highest BCUT2D eigenvalue weighted by Crippen LogP contribution is 2.27. The van der Waals surface area contributed by atoms with Crippen molar-refractivity contribution in [2.24, 2.45) is 0 Å². The molecule has 0 aliphatic rings. The van der Waals surface area contributed by atoms with E-state index in [0.717, 1.165) is 11.1 Å². The van der Waals surface area contributed by atoms with Gasteiger partial charge in [0.1, 0.15) is 25.4 Å². The third-order valence-corrected chi connectivity index (χ3v) is 5.35. The molecule has 2 atom stereocenters. The Balaban J connectivity index is 2.79. The molecule has 0 aliphatic carbocycles. The number of esters is 2. The molecule has 210 valence electrons. The van der Waals surface area contributed by atoms with Crippen molar-refractivity contribution in [3.8, 4) is 0 Å². The number of benzene rings is 1. The van der Waals surface area contributed by atoms with Crippen LogP contribution in [0.3, 0.4) is 0 Å². The van der Waals surface area contributed by atoms with Crippen LogP contribution in [0, 0.1) is 0 Å². The lowest BCUT2D eigenvalue weighted by Crippen LogP contribution is -2.44. The van der Waals surface area contributed by atoms with Gasteiger partial charge >= 0.3 is 24.1 Å². The summed E-state index contributed by atoms with van der Waals surface area (Å²) in [6.45, 7) is 20.3. The number of hydrogen-bond donors (Lipinski definition) is 2. The minimum absolute atomic E-state index is 0.0973. The topological polar surface area (TPSA) is 129 Å². The number of amides is 2. The van der Waals surface area contributed by atoms with Gasteiger partial charge < -0.3 is 29.6 Å². The van der Waals surface area contributed by atoms with E-state index in [0.29, 0.717) is 0 Å². The summed E-state index contributed by atoms with van der Waals surface area (Å²) >= 11 is 0. The molecular weight excluding hydrogens is 492 g/mol. The van der Waals surface area contributed by atoms with Crippen molar-refractivity contribution >= 4 is 24.1 Å². The van der Waals surface area contributed by atoms with E-state index in [4.69, 9.17) is 18.9 Å². The molecule has 1 rings (SSSR count). The predicted octanol–water partition coefficient (Wildman–Crippen LogP) is 4.62. The zero-order valence-electron chi connectivity index (χ0n) is 23.6. The Morgan fingerprint density at radius 1 is 0.763 bits per heavy atom. The zero-order chi connectivity index (χ0) is 29.3. The highest BCUT2D eigenvalue weighted by atomic mass is 16.6. The molecule has 0 saturated heterocycles. The third kappa shape index (κ3) is 10.7. The van der Waals surface area contributed by atoms with Gasteiger partial charge in [0.25, 0.3) is 0 Å². The van der Waals surface area contributed by atoms with Crippen molar-refractivity contribution < 1.29 is 38.1 Å². The van der Waals surface area contributed by atoms with E-state index >= 15 is 0 Å². The summed E-state index contributed by atoms with van der Waals surface area (Å²) in [7, 11) is 0. The van der Waals surface area contributed by atoms with Gasteiger partial charge in [0, 0.05) is 11.1 Å². The second kappa shape index (κ2) is 13.6. The zero-order valence-corrected chi connectivity index (χ0v) is 23.6. The minimum Gasteiger partial charge on any atom is -0.458 e. The first-order chi connectivity index (χ1) is 17.4. The first-order valence-electron chi connectivity index (χ1n) is 12.2. The Morgan fingerprint density at radius 2 is 1.11 bits per heavy atom. The third-order valence-electron chi connectivity index (χ3n) is 5.35. The van der Waals surface area contributed by atoms with Crippen LogP contribution in [0.1, 0.15) is 66.5 Å². The number of rotatable bonds is 12. The summed E-state index contributed by atoms with van der Waals surface area (Å²) in [5.74, 6) is -1.11. The molecule has 0 spiro atoms. The van der Waals surface area contributed by atoms with E-state index in [-0.39, 0.29) is 24.4 Å². The van der Waals surface area contributed by atoms with Crippen LogP contribution < -0.4 is 10.6 Å². The van der Waals surface area contributed by atoms with Crippen LogP contribution in [-0.4, -0.2) is 49.5 Å². The quantitative estimate of drug-likeness (QED) is 0.227. The van der Waals surface area contributed by atoms with Crippen molar-refractivity contribution in [2.75, 3.05) is 13.2 Å². The van der Waals surface area contributed by atoms with Crippen LogP contribution in [-0.2, 0) is 39.6 Å². The molecule has 0 radical (unpaired) electrons. The number of carbonyl (C=O) groups excluding carboxylic acids is 4. The SMILES string of the molecule is C=C(C)C(=O)OCC(C)OC(=O)NC(C)(C)c1cccc(C(C)(C)NC(=O)OC(C)COC(=O)C(=C)C)c1. The summed E-state index contributed by atoms with van der Waals surface area (Å²) in [6.07, 6.45) is -2.69. The Labute approximate surface area is 224 Å². The maximum atomic E-state index is 12.5. The molecule has 2 amide bonds. The van der Waals surface area contributed by atoms with Crippen molar-refractivity contribution in [2.45, 2.75) is 78.7 Å². The first kappa shape index (κ1) is 32.2. The van der Waals surface area contributed by atoms with E-state index in [1.54, 1.807) is 13.8 Å². The van der Waals surface area contributed by atoms with Gasteiger partial charge in [0.2, 0.25) is 0 Å². The molecule has 0 fully saturated rings. The first-order valence-corrected chi connectivity index (χ1v) is 12.2. The van der Waals surface area contributed by atoms with Crippen LogP contribution in [0.4, 0.5) is 9.59 Å². The number of alkyl carbamates (subject to hydrolysis) is 2. The summed E-state index contributed by atoms with van der Waals surface area (Å²) in [5, 5.41) is 5.62. The number of nitrogens with one attached hydrogen (secondary N) is 2. The Kier molecular flexibility index (Phi) is 11.6. The van der Waals surface area contributed by atoms with Gasteiger partial charge in [-0.25, -0.2) is 19.2 Å². The van der Waals surface area contributed by atoms with Crippen LogP contribution >= 0.6 is 0 Å². The van der Waals surface area contributed by atoms with Crippen LogP contribution in [0.15, 0.2) is 48.6 Å². The second-order valence-corrected chi connectivity index (χ2v) is 10.3. The van der Waals surface area contributed by atoms with Crippen molar-refractivity contribution in [3.63, 3.8) is 0 Å². The minimum atomic E-state index is -0.834. The van der Waals surface area contributed by atoms with Gasteiger partial charge in [-0.3, -0.25) is 0 Å². The van der Waals surface area contributed by atoms with Gasteiger partial charge in [0.15, 0.2) is 0 Å².